The minimum absolute atomic E-state index is 0. The molecule has 0 spiro atoms. The van der Waals surface area contributed by atoms with Gasteiger partial charge in [-0.15, -0.1) is 17.7 Å². The molecule has 1 aliphatic heterocycles. The molecule has 0 N–H and O–H groups in total. The molecule has 6 heteroatoms. The van der Waals surface area contributed by atoms with Gasteiger partial charge in [-0.1, -0.05) is 52.2 Å². The summed E-state index contributed by atoms with van der Waals surface area (Å²) in [6.45, 7) is 8.83. The van der Waals surface area contributed by atoms with Crippen molar-refractivity contribution in [2.45, 2.75) is 63.7 Å². The number of rotatable bonds is 5. The zero-order chi connectivity index (χ0) is 27.0. The Kier molecular flexibility index (Phi) is 8.06. The molecule has 2 aliphatic rings. The molecule has 3 heterocycles. The maximum atomic E-state index is 6.29. The van der Waals surface area contributed by atoms with Crippen LogP contribution in [0.2, 0.25) is 0 Å². The average molecular weight is 711 g/mol. The summed E-state index contributed by atoms with van der Waals surface area (Å²) >= 11 is 0. The van der Waals surface area contributed by atoms with Crippen LogP contribution in [0.15, 0.2) is 73.1 Å². The van der Waals surface area contributed by atoms with E-state index in [-0.39, 0.29) is 31.9 Å². The fourth-order valence-corrected chi connectivity index (χ4v) is 5.88. The second-order valence-electron chi connectivity index (χ2n) is 11.7. The molecule has 4 aromatic rings. The van der Waals surface area contributed by atoms with Crippen molar-refractivity contribution in [3.8, 4) is 11.6 Å². The topological polar surface area (TPSA) is 41.5 Å². The van der Waals surface area contributed by atoms with E-state index < -0.39 is 0 Å². The summed E-state index contributed by atoms with van der Waals surface area (Å²) in [6, 6.07) is 27.9. The van der Waals surface area contributed by atoms with Gasteiger partial charge in [0, 0.05) is 55.5 Å². The molecule has 0 atom stereocenters. The van der Waals surface area contributed by atoms with Crippen molar-refractivity contribution in [3.63, 3.8) is 0 Å². The van der Waals surface area contributed by atoms with Crippen molar-refractivity contribution >= 4 is 17.1 Å². The van der Waals surface area contributed by atoms with Crippen LogP contribution in [0.25, 0.3) is 0 Å². The van der Waals surface area contributed by atoms with Gasteiger partial charge in [0.2, 0.25) is 0 Å². The van der Waals surface area contributed by atoms with Crippen LogP contribution in [0.4, 0.5) is 17.1 Å². The van der Waals surface area contributed by atoms with Gasteiger partial charge < -0.3 is 14.5 Å². The fraction of sp³-hybridized carbons (Fsp3) is 0.324. The van der Waals surface area contributed by atoms with Crippen LogP contribution in [0, 0.1) is 18.8 Å². The number of nitrogens with zero attached hydrogens (tertiary/aromatic N) is 4. The molecule has 0 amide bonds. The molecule has 0 saturated heterocycles. The van der Waals surface area contributed by atoms with E-state index in [2.05, 4.69) is 90.8 Å². The van der Waals surface area contributed by atoms with E-state index in [1.54, 1.807) is 6.20 Å². The van der Waals surface area contributed by atoms with E-state index in [9.17, 15) is 0 Å². The molecule has 1 aliphatic carbocycles. The van der Waals surface area contributed by atoms with Crippen LogP contribution in [0.1, 0.15) is 69.7 Å². The predicted octanol–water partition coefficient (Wildman–Crippen LogP) is 8.12. The number of fused-ring (bicyclic) bond motifs is 1. The molecule has 5 nitrogen and oxygen atoms in total. The first-order valence-corrected chi connectivity index (χ1v) is 13.9. The van der Waals surface area contributed by atoms with Crippen LogP contribution >= 0.6 is 0 Å². The minimum Gasteiger partial charge on any atom is -0.504 e. The van der Waals surface area contributed by atoms with Crippen molar-refractivity contribution in [1.82, 2.24) is 9.97 Å². The van der Waals surface area contributed by atoms with Gasteiger partial charge in [0.05, 0.1) is 0 Å². The summed E-state index contributed by atoms with van der Waals surface area (Å²) in [5.74, 6) is 1.07. The van der Waals surface area contributed by atoms with Crippen molar-refractivity contribution in [2.24, 2.45) is 0 Å². The summed E-state index contributed by atoms with van der Waals surface area (Å²) in [4.78, 5) is 13.6. The molecule has 1 saturated carbocycles. The number of para-hydroxylation sites is 2. The molecule has 210 valence electrons. The van der Waals surface area contributed by atoms with Crippen LogP contribution in [-0.2, 0) is 31.9 Å². The standard InChI is InChI=1S/C34H35N4O.Pt/c1-33(2,3)25-15-19-35-31(22-25)34(17-8-5-9-18-34)26-11-10-12-28(21-26)39-32-23-27(16-20-36-32)38-24-37(4)29-13-6-7-14-30(29)38;/h6-7,10-16,19-20,22,24H,5,8-9,17-18H2,1-4H3;/q-3;. The molecule has 0 unspecified atom stereocenters. The van der Waals surface area contributed by atoms with Crippen LogP contribution in [0.5, 0.6) is 11.6 Å². The third kappa shape index (κ3) is 5.41. The number of benzene rings is 2. The van der Waals surface area contributed by atoms with Crippen LogP contribution in [0.3, 0.4) is 0 Å². The van der Waals surface area contributed by atoms with Gasteiger partial charge in [-0.2, -0.15) is 36.6 Å². The Morgan fingerprint density at radius 3 is 2.40 bits per heavy atom. The molecule has 0 radical (unpaired) electrons. The first-order chi connectivity index (χ1) is 18.8. The summed E-state index contributed by atoms with van der Waals surface area (Å²) in [6.07, 6.45) is 9.48. The van der Waals surface area contributed by atoms with E-state index in [0.29, 0.717) is 11.6 Å². The summed E-state index contributed by atoms with van der Waals surface area (Å²) in [7, 11) is 2.05. The van der Waals surface area contributed by atoms with Gasteiger partial charge in [0.25, 0.3) is 0 Å². The molecule has 1 fully saturated rings. The van der Waals surface area contributed by atoms with E-state index in [4.69, 9.17) is 9.72 Å². The molecule has 40 heavy (non-hydrogen) atoms. The van der Waals surface area contributed by atoms with E-state index in [1.165, 1.54) is 24.8 Å². The Bertz CT molecular complexity index is 1470. The number of anilines is 3. The number of ether oxygens (including phenoxy) is 1. The second kappa shape index (κ2) is 11.4. The maximum Gasteiger partial charge on any atom is 0.123 e. The maximum absolute atomic E-state index is 6.29. The molecular formula is C34H35N4OPt-3. The van der Waals surface area contributed by atoms with Gasteiger partial charge in [0.1, 0.15) is 5.88 Å². The van der Waals surface area contributed by atoms with Crippen molar-refractivity contribution in [2.75, 3.05) is 16.8 Å². The van der Waals surface area contributed by atoms with Gasteiger partial charge in [0.15, 0.2) is 0 Å². The minimum atomic E-state index is -0.170. The smallest absolute Gasteiger partial charge is 0.123 e. The van der Waals surface area contributed by atoms with E-state index >= 15 is 0 Å². The van der Waals surface area contributed by atoms with Gasteiger partial charge in [-0.3, -0.25) is 9.97 Å². The summed E-state index contributed by atoms with van der Waals surface area (Å²) < 4.78 is 6.29. The van der Waals surface area contributed by atoms with Gasteiger partial charge in [-0.05, 0) is 61.3 Å². The van der Waals surface area contributed by atoms with Crippen molar-refractivity contribution in [3.05, 3.63) is 109 Å². The van der Waals surface area contributed by atoms with Crippen LogP contribution < -0.4 is 14.5 Å². The third-order valence-corrected chi connectivity index (χ3v) is 8.04. The Labute approximate surface area is 252 Å². The quantitative estimate of drug-likeness (QED) is 0.196. The van der Waals surface area contributed by atoms with Crippen molar-refractivity contribution in [1.29, 1.82) is 0 Å². The molecule has 2 aromatic heterocycles. The van der Waals surface area contributed by atoms with Crippen LogP contribution in [-0.4, -0.2) is 17.0 Å². The van der Waals surface area contributed by atoms with E-state index in [1.807, 2.05) is 37.5 Å². The Morgan fingerprint density at radius 2 is 1.62 bits per heavy atom. The predicted molar refractivity (Wildman–Crippen MR) is 157 cm³/mol. The largest absolute Gasteiger partial charge is 0.504 e. The molecule has 6 rings (SSSR count). The number of pyridine rings is 2. The van der Waals surface area contributed by atoms with Gasteiger partial charge in [-0.25, -0.2) is 0 Å². The zero-order valence-corrected chi connectivity index (χ0v) is 25.8. The Balaban J connectivity index is 0.00000323. The SMILES string of the molecule is CN1[CH-]N(c2[c-]c(Oc3[c-]c(C4(c5cc(C(C)(C)C)ccn5)CCCCC4)ccc3)ncc2)c2ccccc21.[Pt]. The number of hydrogen-bond donors (Lipinski definition) is 0. The summed E-state index contributed by atoms with van der Waals surface area (Å²) in [5, 5.41) is 0. The van der Waals surface area contributed by atoms with E-state index in [0.717, 1.165) is 41.2 Å². The fourth-order valence-electron chi connectivity index (χ4n) is 5.88. The second-order valence-corrected chi connectivity index (χ2v) is 11.7. The Hall–Kier alpha value is -3.17. The monoisotopic (exact) mass is 710 g/mol. The van der Waals surface area contributed by atoms with Gasteiger partial charge >= 0.3 is 0 Å². The third-order valence-electron chi connectivity index (χ3n) is 8.04. The average Bonchev–Trinajstić information content (AvgIpc) is 3.30. The Morgan fingerprint density at radius 1 is 0.875 bits per heavy atom. The zero-order valence-electron chi connectivity index (χ0n) is 23.6. The van der Waals surface area contributed by atoms with Crippen molar-refractivity contribution < 1.29 is 25.8 Å². The first kappa shape index (κ1) is 28.4. The normalized spacial score (nSPS) is 16.3. The summed E-state index contributed by atoms with van der Waals surface area (Å²) in [5.41, 5.74) is 6.61. The number of aromatic nitrogens is 2. The number of hydrogen-bond acceptors (Lipinski definition) is 5. The molecular weight excluding hydrogens is 675 g/mol. The molecule has 0 bridgehead atoms. The first-order valence-electron chi connectivity index (χ1n) is 13.9. The molecule has 2 aromatic carbocycles.